The average Bonchev–Trinajstić information content (AvgIpc) is 2.95. The number of alkyl carbamates (subject to hydrolysis) is 1. The second-order valence-corrected chi connectivity index (χ2v) is 5.24. The number of halogens is 3. The van der Waals surface area contributed by atoms with Crippen LogP contribution in [0.15, 0.2) is 30.5 Å². The summed E-state index contributed by atoms with van der Waals surface area (Å²) in [6, 6.07) is 3.52. The molecular weight excluding hydrogens is 373 g/mol. The highest BCUT2D eigenvalue weighted by Crippen LogP contribution is 2.29. The first kappa shape index (κ1) is 19.9. The standard InChI is InChI=1S/C15H13F3N4O5/c1-9-19-8-12(22(25)26)21(9)5-6-27-14(24)20-13(23)10-3-2-4-11(7-10)15(16,17)18/h2-4,7-8H,5-6H2,1H3,(H,20,23,24). The summed E-state index contributed by atoms with van der Waals surface area (Å²) in [5, 5.41) is 12.6. The fraction of sp³-hybridized carbons (Fsp3) is 0.267. The molecule has 0 aliphatic carbocycles. The minimum Gasteiger partial charge on any atom is -0.445 e. The lowest BCUT2D eigenvalue weighted by molar-refractivity contribution is -0.392. The molecule has 1 N–H and O–H groups in total. The number of nitro groups is 1. The predicted molar refractivity (Wildman–Crippen MR) is 83.9 cm³/mol. The molecule has 0 bridgehead atoms. The molecule has 0 aliphatic heterocycles. The lowest BCUT2D eigenvalue weighted by atomic mass is 10.1. The summed E-state index contributed by atoms with van der Waals surface area (Å²) in [6.07, 6.45) is -4.78. The van der Waals surface area contributed by atoms with Gasteiger partial charge in [0, 0.05) is 12.5 Å². The molecule has 0 saturated carbocycles. The molecule has 1 heterocycles. The number of alkyl halides is 3. The first-order chi connectivity index (χ1) is 12.6. The Labute approximate surface area is 149 Å². The molecule has 0 atom stereocenters. The number of rotatable bonds is 5. The first-order valence-corrected chi connectivity index (χ1v) is 7.41. The maximum absolute atomic E-state index is 12.6. The van der Waals surface area contributed by atoms with Crippen LogP contribution >= 0.6 is 0 Å². The van der Waals surface area contributed by atoms with E-state index in [0.29, 0.717) is 11.9 Å². The third kappa shape index (κ3) is 5.03. The van der Waals surface area contributed by atoms with Crippen molar-refractivity contribution in [3.63, 3.8) is 0 Å². The van der Waals surface area contributed by atoms with Crippen LogP contribution in [0.5, 0.6) is 0 Å². The molecule has 1 aromatic carbocycles. The number of imidazole rings is 1. The number of benzene rings is 1. The molecular formula is C15H13F3N4O5. The highest BCUT2D eigenvalue weighted by atomic mass is 19.4. The topological polar surface area (TPSA) is 116 Å². The number of carbonyl (C=O) groups is 2. The molecule has 2 amide bonds. The minimum absolute atomic E-state index is 0.0900. The van der Waals surface area contributed by atoms with Crippen LogP contribution in [0.2, 0.25) is 0 Å². The second-order valence-electron chi connectivity index (χ2n) is 5.24. The Balaban J connectivity index is 1.92. The summed E-state index contributed by atoms with van der Waals surface area (Å²) in [6.45, 7) is 1.11. The highest BCUT2D eigenvalue weighted by Gasteiger charge is 2.31. The summed E-state index contributed by atoms with van der Waals surface area (Å²) in [4.78, 5) is 37.4. The third-order valence-electron chi connectivity index (χ3n) is 3.44. The number of ether oxygens (including phenoxy) is 1. The molecule has 144 valence electrons. The van der Waals surface area contributed by atoms with E-state index in [-0.39, 0.29) is 24.5 Å². The van der Waals surface area contributed by atoms with Crippen LogP contribution in [0.25, 0.3) is 0 Å². The highest BCUT2D eigenvalue weighted by molar-refractivity contribution is 6.02. The summed E-state index contributed by atoms with van der Waals surface area (Å²) >= 11 is 0. The van der Waals surface area contributed by atoms with E-state index in [1.807, 2.05) is 0 Å². The Hall–Kier alpha value is -3.44. The zero-order valence-corrected chi connectivity index (χ0v) is 13.8. The van der Waals surface area contributed by atoms with E-state index in [1.54, 1.807) is 5.32 Å². The van der Waals surface area contributed by atoms with Gasteiger partial charge in [-0.05, 0) is 23.1 Å². The SMILES string of the molecule is Cc1ncc([N+](=O)[O-])n1CCOC(=O)NC(=O)c1cccc(C(F)(F)F)c1. The van der Waals surface area contributed by atoms with E-state index in [9.17, 15) is 32.9 Å². The van der Waals surface area contributed by atoms with E-state index < -0.39 is 28.7 Å². The Morgan fingerprint density at radius 2 is 2.07 bits per heavy atom. The van der Waals surface area contributed by atoms with Gasteiger partial charge in [0.05, 0.1) is 5.56 Å². The number of imide groups is 1. The second kappa shape index (κ2) is 7.85. The monoisotopic (exact) mass is 386 g/mol. The molecule has 2 aromatic rings. The fourth-order valence-corrected chi connectivity index (χ4v) is 2.15. The third-order valence-corrected chi connectivity index (χ3v) is 3.44. The van der Waals surface area contributed by atoms with Crippen molar-refractivity contribution in [1.29, 1.82) is 0 Å². The number of carbonyl (C=O) groups excluding carboxylic acids is 2. The summed E-state index contributed by atoms with van der Waals surface area (Å²) in [5.41, 5.74) is -1.41. The van der Waals surface area contributed by atoms with Gasteiger partial charge in [0.1, 0.15) is 19.3 Å². The van der Waals surface area contributed by atoms with E-state index >= 15 is 0 Å². The molecule has 0 unspecified atom stereocenters. The fourth-order valence-electron chi connectivity index (χ4n) is 2.15. The van der Waals surface area contributed by atoms with Gasteiger partial charge in [-0.3, -0.25) is 10.1 Å². The van der Waals surface area contributed by atoms with Gasteiger partial charge in [-0.1, -0.05) is 6.07 Å². The van der Waals surface area contributed by atoms with Crippen LogP contribution in [0.1, 0.15) is 21.7 Å². The van der Waals surface area contributed by atoms with Gasteiger partial charge in [-0.25, -0.2) is 14.3 Å². The maximum Gasteiger partial charge on any atom is 0.416 e. The van der Waals surface area contributed by atoms with Crippen molar-refractivity contribution < 1.29 is 32.4 Å². The normalized spacial score (nSPS) is 11.1. The molecule has 1 aromatic heterocycles. The van der Waals surface area contributed by atoms with Crippen LogP contribution in [-0.4, -0.2) is 33.1 Å². The van der Waals surface area contributed by atoms with Crippen molar-refractivity contribution in [2.24, 2.45) is 0 Å². The molecule has 12 heteroatoms. The van der Waals surface area contributed by atoms with Gasteiger partial charge in [0.25, 0.3) is 5.91 Å². The minimum atomic E-state index is -4.63. The molecule has 0 aliphatic rings. The van der Waals surface area contributed by atoms with Gasteiger partial charge in [0.15, 0.2) is 5.82 Å². The maximum atomic E-state index is 12.6. The Morgan fingerprint density at radius 3 is 2.70 bits per heavy atom. The van der Waals surface area contributed by atoms with Gasteiger partial charge >= 0.3 is 18.1 Å². The number of aromatic nitrogens is 2. The van der Waals surface area contributed by atoms with Crippen molar-refractivity contribution in [1.82, 2.24) is 14.9 Å². The summed E-state index contributed by atoms with van der Waals surface area (Å²) < 4.78 is 43.8. The first-order valence-electron chi connectivity index (χ1n) is 7.41. The Bertz CT molecular complexity index is 879. The van der Waals surface area contributed by atoms with Crippen molar-refractivity contribution in [2.75, 3.05) is 6.61 Å². The molecule has 27 heavy (non-hydrogen) atoms. The number of aryl methyl sites for hydroxylation is 1. The van der Waals surface area contributed by atoms with Crippen LogP contribution in [0, 0.1) is 17.0 Å². The zero-order chi connectivity index (χ0) is 20.2. The average molecular weight is 386 g/mol. The lowest BCUT2D eigenvalue weighted by Crippen LogP contribution is -2.32. The van der Waals surface area contributed by atoms with Crippen molar-refractivity contribution in [3.05, 3.63) is 57.5 Å². The number of hydrogen-bond acceptors (Lipinski definition) is 6. The van der Waals surface area contributed by atoms with Gasteiger partial charge in [-0.2, -0.15) is 13.2 Å². The molecule has 2 rings (SSSR count). The van der Waals surface area contributed by atoms with E-state index in [1.165, 1.54) is 11.5 Å². The van der Waals surface area contributed by atoms with E-state index in [2.05, 4.69) is 4.98 Å². The zero-order valence-electron chi connectivity index (χ0n) is 13.8. The Morgan fingerprint density at radius 1 is 1.37 bits per heavy atom. The lowest BCUT2D eigenvalue weighted by Gasteiger charge is -2.09. The van der Waals surface area contributed by atoms with Gasteiger partial charge < -0.3 is 14.9 Å². The summed E-state index contributed by atoms with van der Waals surface area (Å²) in [5.74, 6) is -1.04. The smallest absolute Gasteiger partial charge is 0.416 e. The largest absolute Gasteiger partial charge is 0.445 e. The van der Waals surface area contributed by atoms with E-state index in [4.69, 9.17) is 4.74 Å². The molecule has 9 nitrogen and oxygen atoms in total. The number of amides is 2. The van der Waals surface area contributed by atoms with Gasteiger partial charge in [0.2, 0.25) is 0 Å². The van der Waals surface area contributed by atoms with E-state index in [0.717, 1.165) is 24.4 Å². The molecule has 0 radical (unpaired) electrons. The summed E-state index contributed by atoms with van der Waals surface area (Å²) in [7, 11) is 0. The molecule has 0 saturated heterocycles. The van der Waals surface area contributed by atoms with Crippen molar-refractivity contribution in [2.45, 2.75) is 19.6 Å². The van der Waals surface area contributed by atoms with Gasteiger partial charge in [-0.15, -0.1) is 0 Å². The van der Waals surface area contributed by atoms with Crippen LogP contribution in [0.3, 0.4) is 0 Å². The predicted octanol–water partition coefficient (Wildman–Crippen LogP) is 2.69. The number of nitrogens with one attached hydrogen (secondary N) is 1. The Kier molecular flexibility index (Phi) is 5.78. The van der Waals surface area contributed by atoms with Crippen LogP contribution in [0.4, 0.5) is 23.8 Å². The molecule has 0 spiro atoms. The van der Waals surface area contributed by atoms with Crippen LogP contribution in [-0.2, 0) is 17.5 Å². The van der Waals surface area contributed by atoms with Crippen molar-refractivity contribution >= 4 is 17.8 Å². The quantitative estimate of drug-likeness (QED) is 0.624. The number of hydrogen-bond donors (Lipinski definition) is 1. The van der Waals surface area contributed by atoms with Crippen molar-refractivity contribution in [3.8, 4) is 0 Å². The van der Waals surface area contributed by atoms with Crippen LogP contribution < -0.4 is 5.32 Å². The molecule has 0 fully saturated rings. The number of nitrogens with zero attached hydrogens (tertiary/aromatic N) is 3.